The normalized spacial score (nSPS) is 18.3. The molecule has 0 spiro atoms. The van der Waals surface area contributed by atoms with Crippen molar-refractivity contribution in [2.45, 2.75) is 58.1 Å². The Hall–Kier alpha value is -1.09. The number of benzene rings is 1. The molecule has 2 nitrogen and oxygen atoms in total. The number of hydrogen-bond acceptors (Lipinski definition) is 2. The third-order valence-corrected chi connectivity index (χ3v) is 4.04. The highest BCUT2D eigenvalue weighted by Crippen LogP contribution is 2.31. The van der Waals surface area contributed by atoms with Gasteiger partial charge in [0.15, 0.2) is 0 Å². The number of ether oxygens (including phenoxy) is 1. The molecule has 1 aromatic rings. The number of halogens is 1. The van der Waals surface area contributed by atoms with Gasteiger partial charge in [-0.05, 0) is 64.3 Å². The van der Waals surface area contributed by atoms with E-state index < -0.39 is 0 Å². The Bertz CT molecular complexity index is 427. The van der Waals surface area contributed by atoms with Gasteiger partial charge in [0.1, 0.15) is 11.6 Å². The van der Waals surface area contributed by atoms with Gasteiger partial charge in [-0.25, -0.2) is 4.39 Å². The van der Waals surface area contributed by atoms with Crippen LogP contribution in [0.1, 0.15) is 56.2 Å². The van der Waals surface area contributed by atoms with Crippen LogP contribution in [0.4, 0.5) is 4.39 Å². The van der Waals surface area contributed by atoms with Crippen molar-refractivity contribution in [3.63, 3.8) is 0 Å². The monoisotopic (exact) mass is 265 g/mol. The fraction of sp³-hybridized carbons (Fsp3) is 0.625. The van der Waals surface area contributed by atoms with Gasteiger partial charge in [-0.3, -0.25) is 0 Å². The summed E-state index contributed by atoms with van der Waals surface area (Å²) in [4.78, 5) is 0. The highest BCUT2D eigenvalue weighted by Gasteiger charge is 2.19. The third-order valence-electron chi connectivity index (χ3n) is 4.04. The van der Waals surface area contributed by atoms with E-state index in [9.17, 15) is 4.39 Å². The second-order valence-corrected chi connectivity index (χ2v) is 5.53. The highest BCUT2D eigenvalue weighted by atomic mass is 19.1. The van der Waals surface area contributed by atoms with Crippen LogP contribution in [0.2, 0.25) is 0 Å². The van der Waals surface area contributed by atoms with Crippen molar-refractivity contribution in [3.05, 3.63) is 29.1 Å². The Morgan fingerprint density at radius 1 is 1.26 bits per heavy atom. The van der Waals surface area contributed by atoms with E-state index in [1.165, 1.54) is 19.3 Å². The summed E-state index contributed by atoms with van der Waals surface area (Å²) < 4.78 is 19.9. The molecule has 3 heteroatoms. The first kappa shape index (κ1) is 14.3. The minimum absolute atomic E-state index is 0.0914. The fourth-order valence-corrected chi connectivity index (χ4v) is 2.63. The molecule has 1 atom stereocenters. The molecule has 1 unspecified atom stereocenters. The van der Waals surface area contributed by atoms with Crippen molar-refractivity contribution >= 4 is 0 Å². The molecule has 19 heavy (non-hydrogen) atoms. The van der Waals surface area contributed by atoms with Crippen LogP contribution in [0.15, 0.2) is 12.1 Å². The van der Waals surface area contributed by atoms with Gasteiger partial charge in [0.2, 0.25) is 0 Å². The number of nitrogens with one attached hydrogen (secondary N) is 1. The van der Waals surface area contributed by atoms with Crippen LogP contribution in [0.25, 0.3) is 0 Å². The summed E-state index contributed by atoms with van der Waals surface area (Å²) in [5.41, 5.74) is 1.56. The van der Waals surface area contributed by atoms with Crippen LogP contribution in [0, 0.1) is 12.7 Å². The first-order valence-electron chi connectivity index (χ1n) is 7.25. The van der Waals surface area contributed by atoms with Gasteiger partial charge < -0.3 is 10.1 Å². The molecule has 106 valence electrons. The van der Waals surface area contributed by atoms with Crippen LogP contribution in [0.5, 0.6) is 5.75 Å². The maximum atomic E-state index is 13.8. The van der Waals surface area contributed by atoms with Crippen molar-refractivity contribution < 1.29 is 9.13 Å². The average molecular weight is 265 g/mol. The van der Waals surface area contributed by atoms with E-state index in [4.69, 9.17) is 4.74 Å². The summed E-state index contributed by atoms with van der Waals surface area (Å²) in [5.74, 6) is 0.681. The lowest BCUT2D eigenvalue weighted by atomic mass is 9.97. The largest absolute Gasteiger partial charge is 0.490 e. The number of hydrogen-bond donors (Lipinski definition) is 1. The van der Waals surface area contributed by atoms with Gasteiger partial charge in [-0.15, -0.1) is 0 Å². The van der Waals surface area contributed by atoms with Crippen molar-refractivity contribution in [1.29, 1.82) is 0 Å². The SMILES string of the molecule is CNC(C)c1cc(F)c(C)cc1OC1CCCCC1. The molecule has 1 aliphatic rings. The van der Waals surface area contributed by atoms with E-state index in [1.807, 2.05) is 20.0 Å². The smallest absolute Gasteiger partial charge is 0.126 e. The summed E-state index contributed by atoms with van der Waals surface area (Å²) >= 11 is 0. The molecule has 0 saturated heterocycles. The average Bonchev–Trinajstić information content (AvgIpc) is 2.43. The zero-order chi connectivity index (χ0) is 13.8. The predicted octanol–water partition coefficient (Wildman–Crippen LogP) is 4.13. The molecule has 0 heterocycles. The zero-order valence-electron chi connectivity index (χ0n) is 12.1. The molecule has 0 aromatic heterocycles. The lowest BCUT2D eigenvalue weighted by Crippen LogP contribution is -2.22. The molecule has 2 rings (SSSR count). The minimum atomic E-state index is -0.159. The van der Waals surface area contributed by atoms with E-state index in [2.05, 4.69) is 5.32 Å². The number of rotatable bonds is 4. The standard InChI is InChI=1S/C16H24FNO/c1-11-9-16(19-13-7-5-4-6-8-13)14(10-15(11)17)12(2)18-3/h9-10,12-13,18H,4-8H2,1-3H3. The second kappa shape index (κ2) is 6.38. The first-order valence-corrected chi connectivity index (χ1v) is 7.25. The van der Waals surface area contributed by atoms with E-state index in [0.717, 1.165) is 24.2 Å². The molecule has 0 aliphatic heterocycles. The predicted molar refractivity (Wildman–Crippen MR) is 76.1 cm³/mol. The molecule has 0 amide bonds. The van der Waals surface area contributed by atoms with Gasteiger partial charge >= 0.3 is 0 Å². The van der Waals surface area contributed by atoms with Crippen molar-refractivity contribution in [2.75, 3.05) is 7.05 Å². The highest BCUT2D eigenvalue weighted by molar-refractivity contribution is 5.40. The molecule has 1 aromatic carbocycles. The van der Waals surface area contributed by atoms with Crippen LogP contribution in [-0.2, 0) is 0 Å². The third kappa shape index (κ3) is 3.47. The first-order chi connectivity index (χ1) is 9.11. The lowest BCUT2D eigenvalue weighted by molar-refractivity contribution is 0.152. The summed E-state index contributed by atoms with van der Waals surface area (Å²) in [6.45, 7) is 3.81. The van der Waals surface area contributed by atoms with E-state index in [0.29, 0.717) is 11.7 Å². The Kier molecular flexibility index (Phi) is 4.81. The molecule has 0 bridgehead atoms. The van der Waals surface area contributed by atoms with Gasteiger partial charge in [-0.2, -0.15) is 0 Å². The maximum absolute atomic E-state index is 13.8. The summed E-state index contributed by atoms with van der Waals surface area (Å²) in [6.07, 6.45) is 6.31. The van der Waals surface area contributed by atoms with Crippen LogP contribution >= 0.6 is 0 Å². The zero-order valence-corrected chi connectivity index (χ0v) is 12.1. The van der Waals surface area contributed by atoms with Crippen LogP contribution in [-0.4, -0.2) is 13.2 Å². The molecule has 1 saturated carbocycles. The fourth-order valence-electron chi connectivity index (χ4n) is 2.63. The van der Waals surface area contributed by atoms with E-state index in [1.54, 1.807) is 13.0 Å². The van der Waals surface area contributed by atoms with Crippen LogP contribution in [0.3, 0.4) is 0 Å². The maximum Gasteiger partial charge on any atom is 0.126 e. The van der Waals surface area contributed by atoms with Crippen molar-refractivity contribution in [1.82, 2.24) is 5.32 Å². The Labute approximate surface area is 115 Å². The quantitative estimate of drug-likeness (QED) is 0.884. The molecular weight excluding hydrogens is 241 g/mol. The molecule has 0 radical (unpaired) electrons. The minimum Gasteiger partial charge on any atom is -0.490 e. The Morgan fingerprint density at radius 2 is 1.95 bits per heavy atom. The van der Waals surface area contributed by atoms with Gasteiger partial charge in [-0.1, -0.05) is 6.42 Å². The van der Waals surface area contributed by atoms with Gasteiger partial charge in [0.05, 0.1) is 6.10 Å². The Balaban J connectivity index is 2.23. The summed E-state index contributed by atoms with van der Waals surface area (Å²) in [7, 11) is 1.88. The number of aryl methyl sites for hydroxylation is 1. The van der Waals surface area contributed by atoms with Gasteiger partial charge in [0, 0.05) is 11.6 Å². The van der Waals surface area contributed by atoms with Gasteiger partial charge in [0.25, 0.3) is 0 Å². The molecule has 1 N–H and O–H groups in total. The van der Waals surface area contributed by atoms with Crippen molar-refractivity contribution in [3.8, 4) is 5.75 Å². The summed E-state index contributed by atoms with van der Waals surface area (Å²) in [6, 6.07) is 3.54. The lowest BCUT2D eigenvalue weighted by Gasteiger charge is -2.26. The molecule has 1 aliphatic carbocycles. The molecular formula is C16H24FNO. The summed E-state index contributed by atoms with van der Waals surface area (Å²) in [5, 5.41) is 3.16. The Morgan fingerprint density at radius 3 is 2.58 bits per heavy atom. The topological polar surface area (TPSA) is 21.3 Å². The molecule has 1 fully saturated rings. The van der Waals surface area contributed by atoms with Crippen molar-refractivity contribution in [2.24, 2.45) is 0 Å². The second-order valence-electron chi connectivity index (χ2n) is 5.53. The van der Waals surface area contributed by atoms with E-state index in [-0.39, 0.29) is 11.9 Å². The van der Waals surface area contributed by atoms with Crippen LogP contribution < -0.4 is 10.1 Å². The van der Waals surface area contributed by atoms with E-state index >= 15 is 0 Å².